The van der Waals surface area contributed by atoms with E-state index < -0.39 is 15.8 Å². The second-order valence-corrected chi connectivity index (χ2v) is 5.56. The summed E-state index contributed by atoms with van der Waals surface area (Å²) in [4.78, 5) is -0.181. The van der Waals surface area contributed by atoms with Crippen molar-refractivity contribution < 1.29 is 17.2 Å². The summed E-state index contributed by atoms with van der Waals surface area (Å²) in [5.74, 6) is -0.430. The summed E-state index contributed by atoms with van der Waals surface area (Å²) in [7, 11) is -3.95. The molecule has 2 rings (SSSR count). The molecule has 0 aliphatic rings. The third kappa shape index (κ3) is 2.65. The number of nitrogens with zero attached hydrogens (tertiary/aromatic N) is 2. The molecule has 1 aromatic carbocycles. The summed E-state index contributed by atoms with van der Waals surface area (Å²) < 4.78 is 44.4. The molecule has 7 nitrogen and oxygen atoms in total. The van der Waals surface area contributed by atoms with Crippen LogP contribution >= 0.6 is 0 Å². The standard InChI is InChI=1S/C10H11FN4O3S/c1-5-3-7(4-8(12)9(5)11)19(16,17)15-10-14-13-6(2)18-10/h3-4H,12H2,1-2H3,(H,14,15). The maximum atomic E-state index is 13.3. The minimum absolute atomic E-state index is 0.127. The number of hydrogen-bond acceptors (Lipinski definition) is 6. The maximum Gasteiger partial charge on any atom is 0.329 e. The molecule has 0 atom stereocenters. The lowest BCUT2D eigenvalue weighted by Crippen LogP contribution is -2.14. The van der Waals surface area contributed by atoms with Gasteiger partial charge in [0.15, 0.2) is 0 Å². The lowest BCUT2D eigenvalue weighted by Gasteiger charge is -2.07. The first-order valence-electron chi connectivity index (χ1n) is 5.18. The van der Waals surface area contributed by atoms with E-state index in [2.05, 4.69) is 14.9 Å². The Hall–Kier alpha value is -2.16. The topological polar surface area (TPSA) is 111 Å². The molecule has 0 unspecified atom stereocenters. The number of nitrogens with two attached hydrogens (primary N) is 1. The van der Waals surface area contributed by atoms with Crippen LogP contribution in [0.15, 0.2) is 21.4 Å². The highest BCUT2D eigenvalue weighted by atomic mass is 32.2. The zero-order chi connectivity index (χ0) is 14.2. The van der Waals surface area contributed by atoms with Crippen molar-refractivity contribution in [1.29, 1.82) is 0 Å². The van der Waals surface area contributed by atoms with Crippen molar-refractivity contribution in [2.45, 2.75) is 18.7 Å². The second-order valence-electron chi connectivity index (χ2n) is 3.88. The van der Waals surface area contributed by atoms with Crippen molar-refractivity contribution in [3.63, 3.8) is 0 Å². The summed E-state index contributed by atoms with van der Waals surface area (Å²) in [6.45, 7) is 2.94. The molecular weight excluding hydrogens is 275 g/mol. The number of rotatable bonds is 3. The second kappa shape index (κ2) is 4.50. The Balaban J connectivity index is 2.40. The number of halogens is 1. The summed E-state index contributed by atoms with van der Waals surface area (Å²) in [5.41, 5.74) is 5.28. The zero-order valence-corrected chi connectivity index (χ0v) is 11.0. The predicted octanol–water partition coefficient (Wildman–Crippen LogP) is 1.21. The van der Waals surface area contributed by atoms with Crippen LogP contribution in [0.3, 0.4) is 0 Å². The Kier molecular flexibility index (Phi) is 3.14. The van der Waals surface area contributed by atoms with Gasteiger partial charge in [-0.3, -0.25) is 0 Å². The van der Waals surface area contributed by atoms with E-state index >= 15 is 0 Å². The number of nitrogen functional groups attached to an aromatic ring is 1. The zero-order valence-electron chi connectivity index (χ0n) is 10.1. The molecule has 0 radical (unpaired) electrons. The molecule has 3 N–H and O–H groups in total. The summed E-state index contributed by atoms with van der Waals surface area (Å²) >= 11 is 0. The number of aromatic nitrogens is 2. The van der Waals surface area contributed by atoms with Gasteiger partial charge >= 0.3 is 6.01 Å². The van der Waals surface area contributed by atoms with E-state index in [0.29, 0.717) is 0 Å². The minimum atomic E-state index is -3.95. The molecule has 102 valence electrons. The first kappa shape index (κ1) is 13.3. The van der Waals surface area contributed by atoms with Crippen LogP contribution in [0.4, 0.5) is 16.1 Å². The highest BCUT2D eigenvalue weighted by Gasteiger charge is 2.20. The van der Waals surface area contributed by atoms with Crippen molar-refractivity contribution in [2.75, 3.05) is 10.5 Å². The molecule has 0 aliphatic heterocycles. The first-order chi connectivity index (χ1) is 8.79. The molecule has 1 aromatic heterocycles. The predicted molar refractivity (Wildman–Crippen MR) is 65.4 cm³/mol. The lowest BCUT2D eigenvalue weighted by molar-refractivity contribution is 0.534. The third-order valence-electron chi connectivity index (χ3n) is 2.31. The number of hydrogen-bond donors (Lipinski definition) is 2. The fraction of sp³-hybridized carbons (Fsp3) is 0.200. The van der Waals surface area contributed by atoms with Gasteiger partial charge in [-0.1, -0.05) is 5.10 Å². The Morgan fingerprint density at radius 1 is 1.32 bits per heavy atom. The number of sulfonamides is 1. The smallest absolute Gasteiger partial charge is 0.329 e. The normalized spacial score (nSPS) is 11.5. The fourth-order valence-electron chi connectivity index (χ4n) is 1.43. The van der Waals surface area contributed by atoms with Gasteiger partial charge in [0.25, 0.3) is 10.0 Å². The van der Waals surface area contributed by atoms with Crippen LogP contribution in [0.1, 0.15) is 11.5 Å². The van der Waals surface area contributed by atoms with Crippen molar-refractivity contribution in [2.24, 2.45) is 0 Å². The summed E-state index contributed by atoms with van der Waals surface area (Å²) in [5, 5.41) is 6.99. The van der Waals surface area contributed by atoms with Gasteiger partial charge in [0.05, 0.1) is 10.6 Å². The number of anilines is 2. The summed E-state index contributed by atoms with van der Waals surface area (Å²) in [6, 6.07) is 1.92. The molecule has 0 aliphatic carbocycles. The van der Waals surface area contributed by atoms with E-state index in [-0.39, 0.29) is 28.1 Å². The van der Waals surface area contributed by atoms with Crippen LogP contribution in [-0.2, 0) is 10.0 Å². The highest BCUT2D eigenvalue weighted by Crippen LogP contribution is 2.22. The van der Waals surface area contributed by atoms with E-state index in [4.69, 9.17) is 10.2 Å². The van der Waals surface area contributed by atoms with Crippen molar-refractivity contribution in [1.82, 2.24) is 10.2 Å². The van der Waals surface area contributed by atoms with E-state index in [9.17, 15) is 12.8 Å². The van der Waals surface area contributed by atoms with E-state index in [1.165, 1.54) is 13.8 Å². The van der Waals surface area contributed by atoms with Gasteiger partial charge in [0, 0.05) is 6.92 Å². The van der Waals surface area contributed by atoms with Gasteiger partial charge in [-0.25, -0.2) is 17.5 Å². The Labute approximate surface area is 108 Å². The number of aryl methyl sites for hydroxylation is 2. The average Bonchev–Trinajstić information content (AvgIpc) is 2.70. The van der Waals surface area contributed by atoms with Gasteiger partial charge in [-0.2, -0.15) is 0 Å². The van der Waals surface area contributed by atoms with E-state index in [1.54, 1.807) is 0 Å². The highest BCUT2D eigenvalue weighted by molar-refractivity contribution is 7.92. The van der Waals surface area contributed by atoms with Gasteiger partial charge in [0.2, 0.25) is 5.89 Å². The monoisotopic (exact) mass is 286 g/mol. The largest absolute Gasteiger partial charge is 0.408 e. The van der Waals surface area contributed by atoms with Crippen molar-refractivity contribution >= 4 is 21.7 Å². The first-order valence-corrected chi connectivity index (χ1v) is 6.66. The Morgan fingerprint density at radius 3 is 2.53 bits per heavy atom. The molecular formula is C10H11FN4O3S. The van der Waals surface area contributed by atoms with Crippen molar-refractivity contribution in [3.05, 3.63) is 29.4 Å². The molecule has 1 heterocycles. The molecule has 0 spiro atoms. The molecule has 0 amide bonds. The van der Waals surface area contributed by atoms with Crippen molar-refractivity contribution in [3.8, 4) is 0 Å². The Bertz CT molecular complexity index is 703. The lowest BCUT2D eigenvalue weighted by atomic mass is 10.2. The van der Waals surface area contributed by atoms with Crippen LogP contribution in [-0.4, -0.2) is 18.6 Å². The Morgan fingerprint density at radius 2 is 2.00 bits per heavy atom. The molecule has 2 aromatic rings. The van der Waals surface area contributed by atoms with Crippen LogP contribution in [0.5, 0.6) is 0 Å². The average molecular weight is 286 g/mol. The van der Waals surface area contributed by atoms with Crippen LogP contribution < -0.4 is 10.5 Å². The van der Waals surface area contributed by atoms with Gasteiger partial charge < -0.3 is 10.2 Å². The minimum Gasteiger partial charge on any atom is -0.408 e. The third-order valence-corrected chi connectivity index (χ3v) is 3.61. The van der Waals surface area contributed by atoms with E-state index in [1.807, 2.05) is 0 Å². The van der Waals surface area contributed by atoms with E-state index in [0.717, 1.165) is 12.1 Å². The number of nitrogens with one attached hydrogen (secondary N) is 1. The van der Waals surface area contributed by atoms with Crippen LogP contribution in [0, 0.1) is 19.7 Å². The molecule has 19 heavy (non-hydrogen) atoms. The SMILES string of the molecule is Cc1nnc(NS(=O)(=O)c2cc(C)c(F)c(N)c2)o1. The molecule has 0 fully saturated rings. The van der Waals surface area contributed by atoms with Gasteiger partial charge in [-0.15, -0.1) is 5.10 Å². The van der Waals surface area contributed by atoms with Gasteiger partial charge in [0.1, 0.15) is 5.82 Å². The van der Waals surface area contributed by atoms with Crippen LogP contribution in [0.2, 0.25) is 0 Å². The molecule has 0 saturated heterocycles. The molecule has 0 bridgehead atoms. The quantitative estimate of drug-likeness (QED) is 0.820. The maximum absolute atomic E-state index is 13.3. The fourth-order valence-corrected chi connectivity index (χ4v) is 2.47. The summed E-state index contributed by atoms with van der Waals surface area (Å²) in [6.07, 6.45) is 0. The number of benzene rings is 1. The van der Waals surface area contributed by atoms with Crippen LogP contribution in [0.25, 0.3) is 0 Å². The molecule has 9 heteroatoms. The van der Waals surface area contributed by atoms with Gasteiger partial charge in [-0.05, 0) is 24.6 Å². The molecule has 0 saturated carbocycles.